The molecule has 0 saturated heterocycles. The summed E-state index contributed by atoms with van der Waals surface area (Å²) in [5, 5.41) is 17.9. The molecule has 0 bridgehead atoms. The van der Waals surface area contributed by atoms with Crippen molar-refractivity contribution in [3.8, 4) is 12.1 Å². The summed E-state index contributed by atoms with van der Waals surface area (Å²) in [7, 11) is 1.24. The van der Waals surface area contributed by atoms with Crippen LogP contribution in [0.2, 0.25) is 0 Å². The van der Waals surface area contributed by atoms with E-state index >= 15 is 0 Å². The largest absolute Gasteiger partial charge is 0.469 e. The van der Waals surface area contributed by atoms with E-state index in [0.717, 1.165) is 0 Å². The van der Waals surface area contributed by atoms with Gasteiger partial charge in [0, 0.05) is 13.0 Å². The Morgan fingerprint density at radius 2 is 2.00 bits per heavy atom. The van der Waals surface area contributed by atoms with E-state index in [4.69, 9.17) is 20.0 Å². The van der Waals surface area contributed by atoms with E-state index in [0.29, 0.717) is 6.61 Å². The van der Waals surface area contributed by atoms with Crippen molar-refractivity contribution < 1.29 is 19.0 Å². The average Bonchev–Trinajstić information content (AvgIpc) is 2.34. The third-order valence-electron chi connectivity index (χ3n) is 2.04. The van der Waals surface area contributed by atoms with Gasteiger partial charge in [0.2, 0.25) is 5.60 Å². The van der Waals surface area contributed by atoms with E-state index < -0.39 is 17.9 Å². The summed E-state index contributed by atoms with van der Waals surface area (Å²) in [6.07, 6.45) is -0.794. The van der Waals surface area contributed by atoms with Crippen molar-refractivity contribution in [3.05, 3.63) is 0 Å². The van der Waals surface area contributed by atoms with Crippen LogP contribution >= 0.6 is 0 Å². The van der Waals surface area contributed by atoms with Crippen molar-refractivity contribution in [2.45, 2.75) is 38.6 Å². The molecule has 0 amide bonds. The lowest BCUT2D eigenvalue weighted by molar-refractivity contribution is -0.169. The second-order valence-corrected chi connectivity index (χ2v) is 3.27. The van der Waals surface area contributed by atoms with Gasteiger partial charge in [0.15, 0.2) is 6.29 Å². The van der Waals surface area contributed by atoms with Crippen molar-refractivity contribution in [3.63, 3.8) is 0 Å². The number of methoxy groups -OCH3 is 1. The summed E-state index contributed by atoms with van der Waals surface area (Å²) >= 11 is 0. The molecule has 0 heterocycles. The van der Waals surface area contributed by atoms with Crippen LogP contribution in [0.15, 0.2) is 0 Å². The minimum atomic E-state index is -1.68. The summed E-state index contributed by atoms with van der Waals surface area (Å²) < 4.78 is 14.8. The molecule has 0 aliphatic rings. The normalized spacial score (nSPS) is 12.3. The Morgan fingerprint density at radius 3 is 2.41 bits per heavy atom. The van der Waals surface area contributed by atoms with Crippen LogP contribution in [0.25, 0.3) is 0 Å². The zero-order valence-electron chi connectivity index (χ0n) is 10.2. The van der Waals surface area contributed by atoms with Crippen LogP contribution in [-0.2, 0) is 19.0 Å². The van der Waals surface area contributed by atoms with Gasteiger partial charge in [-0.25, -0.2) is 0 Å². The first kappa shape index (κ1) is 15.4. The molecule has 0 aromatic carbocycles. The molecule has 6 nitrogen and oxygen atoms in total. The number of hydrogen-bond donors (Lipinski definition) is 0. The van der Waals surface area contributed by atoms with E-state index in [9.17, 15) is 4.79 Å². The first-order chi connectivity index (χ1) is 8.03. The van der Waals surface area contributed by atoms with Crippen LogP contribution in [0.4, 0.5) is 0 Å². The molecule has 17 heavy (non-hydrogen) atoms. The van der Waals surface area contributed by atoms with Crippen LogP contribution < -0.4 is 0 Å². The average molecular weight is 240 g/mol. The predicted octanol–water partition coefficient (Wildman–Crippen LogP) is 1.12. The van der Waals surface area contributed by atoms with Gasteiger partial charge in [-0.15, -0.1) is 0 Å². The number of nitrogens with zero attached hydrogens (tertiary/aromatic N) is 2. The molecule has 0 aromatic heterocycles. The van der Waals surface area contributed by atoms with Gasteiger partial charge in [0.25, 0.3) is 0 Å². The summed E-state index contributed by atoms with van der Waals surface area (Å²) in [5.41, 5.74) is -1.68. The molecule has 0 rings (SSSR count). The number of ether oxygens (including phenoxy) is 3. The summed E-state index contributed by atoms with van der Waals surface area (Å²) in [6, 6.07) is 3.53. The highest BCUT2D eigenvalue weighted by Gasteiger charge is 2.34. The Hall–Kier alpha value is -1.63. The van der Waals surface area contributed by atoms with Crippen molar-refractivity contribution in [2.75, 3.05) is 13.7 Å². The van der Waals surface area contributed by atoms with Gasteiger partial charge in [-0.05, 0) is 13.8 Å². The van der Waals surface area contributed by atoms with Crippen molar-refractivity contribution in [2.24, 2.45) is 0 Å². The maximum Gasteiger partial charge on any atom is 0.305 e. The zero-order chi connectivity index (χ0) is 13.3. The first-order valence-corrected chi connectivity index (χ1v) is 5.22. The van der Waals surface area contributed by atoms with Gasteiger partial charge in [-0.2, -0.15) is 10.5 Å². The Bertz CT molecular complexity index is 315. The van der Waals surface area contributed by atoms with Gasteiger partial charge >= 0.3 is 5.97 Å². The van der Waals surface area contributed by atoms with Crippen LogP contribution in [-0.4, -0.2) is 31.6 Å². The van der Waals surface area contributed by atoms with Crippen LogP contribution in [0.3, 0.4) is 0 Å². The number of carbonyl (C=O) groups is 1. The summed E-state index contributed by atoms with van der Waals surface area (Å²) in [4.78, 5) is 11.0. The van der Waals surface area contributed by atoms with Gasteiger partial charge in [-0.1, -0.05) is 0 Å². The molecule has 0 N–H and O–H groups in total. The molecule has 0 aliphatic heterocycles. The quantitative estimate of drug-likeness (QED) is 0.489. The lowest BCUT2D eigenvalue weighted by Gasteiger charge is -2.23. The molecule has 0 radical (unpaired) electrons. The monoisotopic (exact) mass is 240 g/mol. The van der Waals surface area contributed by atoms with Crippen molar-refractivity contribution in [1.29, 1.82) is 10.5 Å². The minimum Gasteiger partial charge on any atom is -0.469 e. The fraction of sp³-hybridized carbons (Fsp3) is 0.727. The molecule has 0 saturated carbocycles. The second-order valence-electron chi connectivity index (χ2n) is 3.27. The van der Waals surface area contributed by atoms with Crippen LogP contribution in [0, 0.1) is 22.7 Å². The number of carbonyl (C=O) groups excluding carboxylic acids is 1. The topological polar surface area (TPSA) is 92.3 Å². The molecule has 0 aromatic rings. The number of rotatable bonds is 7. The van der Waals surface area contributed by atoms with E-state index in [2.05, 4.69) is 4.74 Å². The molecule has 0 aliphatic carbocycles. The highest BCUT2D eigenvalue weighted by atomic mass is 16.7. The summed E-state index contributed by atoms with van der Waals surface area (Å²) in [6.45, 7) is 3.77. The molecule has 94 valence electrons. The van der Waals surface area contributed by atoms with E-state index in [1.54, 1.807) is 26.0 Å². The van der Waals surface area contributed by atoms with Crippen molar-refractivity contribution in [1.82, 2.24) is 0 Å². The van der Waals surface area contributed by atoms with Gasteiger partial charge < -0.3 is 14.2 Å². The molecular formula is C11H16N2O4. The molecule has 0 fully saturated rings. The Balaban J connectivity index is 4.53. The molecule has 1 unspecified atom stereocenters. The highest BCUT2D eigenvalue weighted by Crippen LogP contribution is 2.19. The van der Waals surface area contributed by atoms with E-state index in [1.165, 1.54) is 7.11 Å². The molecule has 1 atom stereocenters. The Morgan fingerprint density at radius 1 is 1.41 bits per heavy atom. The van der Waals surface area contributed by atoms with Crippen molar-refractivity contribution >= 4 is 5.97 Å². The highest BCUT2D eigenvalue weighted by molar-refractivity contribution is 5.69. The molecule has 0 spiro atoms. The lowest BCUT2D eigenvalue weighted by atomic mass is 10.0. The van der Waals surface area contributed by atoms with E-state index in [1.807, 2.05) is 0 Å². The van der Waals surface area contributed by atoms with Crippen LogP contribution in [0.1, 0.15) is 26.7 Å². The maximum atomic E-state index is 11.0. The number of nitriles is 2. The molecule has 6 heteroatoms. The maximum absolute atomic E-state index is 11.0. The van der Waals surface area contributed by atoms with Gasteiger partial charge in [0.05, 0.1) is 13.5 Å². The summed E-state index contributed by atoms with van der Waals surface area (Å²) in [5.74, 6) is -0.493. The third kappa shape index (κ3) is 5.30. The number of hydrogen-bond acceptors (Lipinski definition) is 6. The molecular weight excluding hydrogens is 224 g/mol. The predicted molar refractivity (Wildman–Crippen MR) is 57.4 cm³/mol. The second kappa shape index (κ2) is 7.61. The van der Waals surface area contributed by atoms with Gasteiger partial charge in [0.1, 0.15) is 12.1 Å². The standard InChI is InChI=1S/C11H16N2O4/c1-4-16-9(2)17-11(7-12,8-13)6-5-10(14)15-3/h9H,4-6H2,1-3H3. The smallest absolute Gasteiger partial charge is 0.305 e. The Labute approximate surface area is 101 Å². The number of esters is 1. The SMILES string of the molecule is CCOC(C)OC(C#N)(C#N)CCC(=O)OC. The fourth-order valence-corrected chi connectivity index (χ4v) is 1.18. The fourth-order valence-electron chi connectivity index (χ4n) is 1.18. The third-order valence-corrected chi connectivity index (χ3v) is 2.04. The first-order valence-electron chi connectivity index (χ1n) is 5.22. The lowest BCUT2D eigenvalue weighted by Crippen LogP contribution is -2.34. The van der Waals surface area contributed by atoms with Crippen LogP contribution in [0.5, 0.6) is 0 Å². The van der Waals surface area contributed by atoms with E-state index in [-0.39, 0.29) is 12.8 Å². The minimum absolute atomic E-state index is 0.0515. The zero-order valence-corrected chi connectivity index (χ0v) is 10.2. The van der Waals surface area contributed by atoms with Gasteiger partial charge in [-0.3, -0.25) is 4.79 Å². The Kier molecular flexibility index (Phi) is 6.88.